The molecule has 0 N–H and O–H groups in total. The van der Waals surface area contributed by atoms with Gasteiger partial charge in [-0.25, -0.2) is 4.98 Å². The quantitative estimate of drug-likeness (QED) is 0.634. The average molecular weight is 341 g/mol. The molecular formula is C12H12IN3O. The summed E-state index contributed by atoms with van der Waals surface area (Å²) in [5.41, 5.74) is 1.27. The molecule has 2 heterocycles. The first-order valence-corrected chi connectivity index (χ1v) is 7.09. The molecule has 0 bridgehead atoms. The number of hydrogen-bond acceptors (Lipinski definition) is 4. The zero-order valence-corrected chi connectivity index (χ0v) is 11.4. The van der Waals surface area contributed by atoms with E-state index < -0.39 is 0 Å². The lowest BCUT2D eigenvalue weighted by Crippen LogP contribution is -2.15. The molecular weight excluding hydrogens is 329 g/mol. The first-order valence-electron chi connectivity index (χ1n) is 5.57. The molecule has 4 nitrogen and oxygen atoms in total. The average Bonchev–Trinajstić information content (AvgIpc) is 3.17. The first kappa shape index (κ1) is 11.1. The Labute approximate surface area is 113 Å². The molecule has 1 aliphatic rings. The smallest absolute Gasteiger partial charge is 0.316 e. The van der Waals surface area contributed by atoms with Crippen molar-refractivity contribution in [2.24, 2.45) is 5.41 Å². The van der Waals surface area contributed by atoms with Gasteiger partial charge >= 0.3 is 6.01 Å². The maximum absolute atomic E-state index is 5.68. The number of rotatable bonds is 4. The third kappa shape index (κ3) is 2.34. The van der Waals surface area contributed by atoms with Gasteiger partial charge in [0.2, 0.25) is 0 Å². The fraction of sp³-hybridized carbons (Fsp3) is 0.417. The van der Waals surface area contributed by atoms with Crippen molar-refractivity contribution in [1.29, 1.82) is 0 Å². The van der Waals surface area contributed by atoms with Gasteiger partial charge < -0.3 is 4.74 Å². The molecule has 3 rings (SSSR count). The van der Waals surface area contributed by atoms with Gasteiger partial charge in [-0.3, -0.25) is 4.98 Å². The Morgan fingerprint density at radius 3 is 3.00 bits per heavy atom. The number of ether oxygens (including phenoxy) is 1. The number of hydrogen-bond donors (Lipinski definition) is 0. The lowest BCUT2D eigenvalue weighted by Gasteiger charge is -2.11. The number of fused-ring (bicyclic) bond motifs is 1. The van der Waals surface area contributed by atoms with Crippen LogP contribution in [0.2, 0.25) is 0 Å². The molecule has 0 atom stereocenters. The zero-order chi connectivity index (χ0) is 11.7. The van der Waals surface area contributed by atoms with Gasteiger partial charge in [-0.2, -0.15) is 4.98 Å². The van der Waals surface area contributed by atoms with Crippen molar-refractivity contribution in [3.63, 3.8) is 0 Å². The van der Waals surface area contributed by atoms with Gasteiger partial charge in [0.1, 0.15) is 0 Å². The van der Waals surface area contributed by atoms with Crippen molar-refractivity contribution in [1.82, 2.24) is 15.0 Å². The van der Waals surface area contributed by atoms with Crippen LogP contribution in [0, 0.1) is 5.41 Å². The molecule has 88 valence electrons. The second-order valence-corrected chi connectivity index (χ2v) is 5.27. The number of pyridine rings is 1. The van der Waals surface area contributed by atoms with E-state index in [1.54, 1.807) is 18.6 Å². The second-order valence-electron chi connectivity index (χ2n) is 4.51. The van der Waals surface area contributed by atoms with E-state index >= 15 is 0 Å². The molecule has 0 spiro atoms. The van der Waals surface area contributed by atoms with Crippen LogP contribution < -0.4 is 4.74 Å². The van der Waals surface area contributed by atoms with Crippen LogP contribution in [0.5, 0.6) is 6.01 Å². The van der Waals surface area contributed by atoms with Gasteiger partial charge in [-0.1, -0.05) is 22.6 Å². The van der Waals surface area contributed by atoms with Crippen LogP contribution in [0.25, 0.3) is 10.9 Å². The Hall–Kier alpha value is -0.980. The molecule has 0 radical (unpaired) electrons. The van der Waals surface area contributed by atoms with E-state index in [1.807, 2.05) is 6.07 Å². The molecule has 1 aliphatic carbocycles. The van der Waals surface area contributed by atoms with Crippen molar-refractivity contribution >= 4 is 33.5 Å². The summed E-state index contributed by atoms with van der Waals surface area (Å²) in [6.45, 7) is 0.729. The van der Waals surface area contributed by atoms with Gasteiger partial charge in [0.15, 0.2) is 0 Å². The summed E-state index contributed by atoms with van der Waals surface area (Å²) >= 11 is 2.42. The van der Waals surface area contributed by atoms with Crippen LogP contribution in [0.3, 0.4) is 0 Å². The van der Waals surface area contributed by atoms with Gasteiger partial charge in [0, 0.05) is 33.8 Å². The number of aromatic nitrogens is 3. The maximum Gasteiger partial charge on any atom is 0.316 e. The minimum absolute atomic E-state index is 0.386. The minimum atomic E-state index is 0.386. The van der Waals surface area contributed by atoms with E-state index in [1.165, 1.54) is 12.8 Å². The third-order valence-corrected chi connectivity index (χ3v) is 4.72. The van der Waals surface area contributed by atoms with Gasteiger partial charge in [-0.15, -0.1) is 0 Å². The van der Waals surface area contributed by atoms with E-state index in [2.05, 4.69) is 37.5 Å². The maximum atomic E-state index is 5.68. The predicted octanol–water partition coefficient (Wildman–Crippen LogP) is 2.62. The molecule has 2 aromatic heterocycles. The predicted molar refractivity (Wildman–Crippen MR) is 73.4 cm³/mol. The lowest BCUT2D eigenvalue weighted by atomic mass is 10.2. The third-order valence-electron chi connectivity index (χ3n) is 3.11. The Morgan fingerprint density at radius 1 is 1.35 bits per heavy atom. The van der Waals surface area contributed by atoms with Crippen LogP contribution in [0.4, 0.5) is 0 Å². The second kappa shape index (κ2) is 4.36. The minimum Gasteiger partial charge on any atom is -0.463 e. The van der Waals surface area contributed by atoms with Crippen LogP contribution in [-0.4, -0.2) is 26.0 Å². The van der Waals surface area contributed by atoms with Crippen molar-refractivity contribution in [3.8, 4) is 6.01 Å². The molecule has 17 heavy (non-hydrogen) atoms. The summed E-state index contributed by atoms with van der Waals surface area (Å²) in [5, 5.41) is 0.940. The monoisotopic (exact) mass is 341 g/mol. The molecule has 5 heteroatoms. The summed E-state index contributed by atoms with van der Waals surface area (Å²) in [6.07, 6.45) is 7.76. The molecule has 1 saturated carbocycles. The van der Waals surface area contributed by atoms with Crippen molar-refractivity contribution in [2.75, 3.05) is 11.0 Å². The summed E-state index contributed by atoms with van der Waals surface area (Å²) in [6, 6.07) is 2.34. The summed E-state index contributed by atoms with van der Waals surface area (Å²) in [4.78, 5) is 12.6. The molecule has 0 aliphatic heterocycles. The van der Waals surface area contributed by atoms with Crippen molar-refractivity contribution in [2.45, 2.75) is 12.8 Å². The Bertz CT molecular complexity index is 542. The summed E-state index contributed by atoms with van der Waals surface area (Å²) in [5.74, 6) is 0. The van der Waals surface area contributed by atoms with Gasteiger partial charge in [0.05, 0.1) is 12.1 Å². The standard InChI is InChI=1S/C12H12IN3O/c13-7-12(2-3-12)8-17-11-15-6-9-5-14-4-1-10(9)16-11/h1,4-6H,2-3,7-8H2. The molecule has 2 aromatic rings. The van der Waals surface area contributed by atoms with Gasteiger partial charge in [-0.05, 0) is 18.9 Å². The normalized spacial score (nSPS) is 17.0. The number of alkyl halides is 1. The van der Waals surface area contributed by atoms with Crippen LogP contribution in [-0.2, 0) is 0 Å². The highest BCUT2D eigenvalue weighted by molar-refractivity contribution is 14.1. The number of halogens is 1. The lowest BCUT2D eigenvalue weighted by molar-refractivity contribution is 0.235. The molecule has 1 fully saturated rings. The number of nitrogens with zero attached hydrogens (tertiary/aromatic N) is 3. The zero-order valence-electron chi connectivity index (χ0n) is 9.27. The topological polar surface area (TPSA) is 47.9 Å². The molecule has 0 saturated heterocycles. The first-order chi connectivity index (χ1) is 8.31. The van der Waals surface area contributed by atoms with E-state index in [9.17, 15) is 0 Å². The van der Waals surface area contributed by atoms with Crippen LogP contribution in [0.15, 0.2) is 24.7 Å². The SMILES string of the molecule is ICC1(COc2ncc3cnccc3n2)CC1. The van der Waals surface area contributed by atoms with E-state index in [-0.39, 0.29) is 0 Å². The van der Waals surface area contributed by atoms with E-state index in [0.29, 0.717) is 11.4 Å². The van der Waals surface area contributed by atoms with E-state index in [4.69, 9.17) is 4.74 Å². The fourth-order valence-corrected chi connectivity index (χ4v) is 2.62. The highest BCUT2D eigenvalue weighted by Gasteiger charge is 2.42. The van der Waals surface area contributed by atoms with Crippen LogP contribution in [0.1, 0.15) is 12.8 Å². The summed E-state index contributed by atoms with van der Waals surface area (Å²) in [7, 11) is 0. The largest absolute Gasteiger partial charge is 0.463 e. The van der Waals surface area contributed by atoms with Crippen LogP contribution >= 0.6 is 22.6 Å². The fourth-order valence-electron chi connectivity index (χ4n) is 1.64. The molecule has 0 amide bonds. The summed E-state index contributed by atoms with van der Waals surface area (Å²) < 4.78 is 6.83. The van der Waals surface area contributed by atoms with Crippen molar-refractivity contribution < 1.29 is 4.74 Å². The highest BCUT2D eigenvalue weighted by atomic mass is 127. The van der Waals surface area contributed by atoms with Crippen molar-refractivity contribution in [3.05, 3.63) is 24.7 Å². The Kier molecular flexibility index (Phi) is 2.85. The van der Waals surface area contributed by atoms with Gasteiger partial charge in [0.25, 0.3) is 0 Å². The highest BCUT2D eigenvalue weighted by Crippen LogP contribution is 2.47. The molecule has 0 aromatic carbocycles. The molecule has 0 unspecified atom stereocenters. The Morgan fingerprint density at radius 2 is 2.24 bits per heavy atom. The van der Waals surface area contributed by atoms with E-state index in [0.717, 1.165) is 21.9 Å². The Balaban J connectivity index is 1.77.